The predicted molar refractivity (Wildman–Crippen MR) is 233 cm³/mol. The second kappa shape index (κ2) is 37.7. The monoisotopic (exact) mass is 743 g/mol. The molecule has 0 aliphatic carbocycles. The molecule has 0 aromatic rings. The van der Waals surface area contributed by atoms with Crippen molar-refractivity contribution in [2.45, 2.75) is 205 Å². The Kier molecular flexibility index (Phi) is 35.4. The van der Waals surface area contributed by atoms with Crippen LogP contribution in [0, 0.1) is 0 Å². The Morgan fingerprint density at radius 1 is 0.396 bits per heavy atom. The van der Waals surface area contributed by atoms with Gasteiger partial charge in [0.05, 0.1) is 12.2 Å². The first kappa shape index (κ1) is 49.8. The van der Waals surface area contributed by atoms with E-state index in [-0.39, 0.29) is 24.4 Å². The molecule has 1 fully saturated rings. The minimum atomic E-state index is 0.00261. The Bertz CT molecular complexity index is 812. The molecule has 5 nitrogen and oxygen atoms in total. The fraction of sp³-hybridized carbons (Fsp3) is 0.833. The standard InChI is InChI=1S/C48H90N2O3/c1-7-9-11-13-15-17-19-21-23-25-27-29-31-33-35-37-39-41-51-47-45(43-49(3)4)53-46(44-50(5)6)48(47)52-42-40-38-36-34-32-30-28-26-24-22-20-18-16-14-12-10-8-2/h15-18,21-24,45-48H,7-14,19-20,25-44H2,1-6H3/b17-15-,18-16-,23-21-,24-22-/t45-,46+,47-,48-/m1/s1. The lowest BCUT2D eigenvalue weighted by Gasteiger charge is -2.27. The number of nitrogens with zero attached hydrogens (tertiary/aromatic N) is 2. The van der Waals surface area contributed by atoms with Gasteiger partial charge in [0.25, 0.3) is 0 Å². The van der Waals surface area contributed by atoms with Crippen molar-refractivity contribution in [3.05, 3.63) is 48.6 Å². The highest BCUT2D eigenvalue weighted by molar-refractivity contribution is 4.96. The third kappa shape index (κ3) is 30.6. The predicted octanol–water partition coefficient (Wildman–Crippen LogP) is 13.1. The van der Waals surface area contributed by atoms with Crippen LogP contribution in [0.4, 0.5) is 0 Å². The van der Waals surface area contributed by atoms with Gasteiger partial charge in [0.2, 0.25) is 0 Å². The van der Waals surface area contributed by atoms with E-state index >= 15 is 0 Å². The van der Waals surface area contributed by atoms with Crippen molar-refractivity contribution in [3.8, 4) is 0 Å². The Morgan fingerprint density at radius 3 is 1.02 bits per heavy atom. The topological polar surface area (TPSA) is 34.2 Å². The number of likely N-dealkylation sites (N-methyl/N-ethyl adjacent to an activating group) is 2. The molecule has 53 heavy (non-hydrogen) atoms. The Hall–Kier alpha value is -1.24. The molecule has 310 valence electrons. The molecule has 0 amide bonds. The fourth-order valence-electron chi connectivity index (χ4n) is 7.19. The van der Waals surface area contributed by atoms with Gasteiger partial charge >= 0.3 is 0 Å². The van der Waals surface area contributed by atoms with Crippen molar-refractivity contribution >= 4 is 0 Å². The van der Waals surface area contributed by atoms with Crippen molar-refractivity contribution in [2.75, 3.05) is 54.5 Å². The molecule has 1 heterocycles. The molecular weight excluding hydrogens is 653 g/mol. The van der Waals surface area contributed by atoms with Crippen LogP contribution in [0.3, 0.4) is 0 Å². The summed E-state index contributed by atoms with van der Waals surface area (Å²) >= 11 is 0. The second-order valence-electron chi connectivity index (χ2n) is 16.3. The highest BCUT2D eigenvalue weighted by Crippen LogP contribution is 2.29. The molecule has 4 atom stereocenters. The molecule has 1 rings (SSSR count). The SMILES string of the molecule is CCCCC/C=C\C/C=C\CCCCCCCCCO[C@H]1[C@H](OCCCCCCCCC/C=C\C/C=C\CCCCC)[C@@H](CN(C)C)O[C@H]1CN(C)C. The number of rotatable bonds is 38. The molecule has 1 aliphatic heterocycles. The molecule has 1 saturated heterocycles. The van der Waals surface area contributed by atoms with E-state index in [0.29, 0.717) is 0 Å². The normalized spacial score (nSPS) is 19.6. The van der Waals surface area contributed by atoms with E-state index < -0.39 is 0 Å². The molecule has 0 N–H and O–H groups in total. The van der Waals surface area contributed by atoms with Gasteiger partial charge in [-0.15, -0.1) is 0 Å². The third-order valence-corrected chi connectivity index (χ3v) is 10.3. The number of hydrogen-bond acceptors (Lipinski definition) is 5. The summed E-state index contributed by atoms with van der Waals surface area (Å²) in [5, 5.41) is 0. The van der Waals surface area contributed by atoms with Crippen LogP contribution >= 0.6 is 0 Å². The molecule has 1 aliphatic rings. The molecule has 0 bridgehead atoms. The molecule has 0 spiro atoms. The maximum Gasteiger partial charge on any atom is 0.114 e. The maximum atomic E-state index is 6.64. The largest absolute Gasteiger partial charge is 0.373 e. The summed E-state index contributed by atoms with van der Waals surface area (Å²) in [6, 6.07) is 0. The van der Waals surface area contributed by atoms with Crippen molar-refractivity contribution in [1.29, 1.82) is 0 Å². The van der Waals surface area contributed by atoms with E-state index in [2.05, 4.69) is 100 Å². The maximum absolute atomic E-state index is 6.64. The second-order valence-corrected chi connectivity index (χ2v) is 16.3. The van der Waals surface area contributed by atoms with Crippen LogP contribution < -0.4 is 0 Å². The number of hydrogen-bond donors (Lipinski definition) is 0. The summed E-state index contributed by atoms with van der Waals surface area (Å²) in [7, 11) is 8.52. The first-order valence-corrected chi connectivity index (χ1v) is 22.8. The van der Waals surface area contributed by atoms with Gasteiger partial charge in [-0.1, -0.05) is 152 Å². The van der Waals surface area contributed by atoms with Crippen LogP contribution in [-0.4, -0.2) is 88.7 Å². The van der Waals surface area contributed by atoms with Gasteiger partial charge in [0.15, 0.2) is 0 Å². The summed E-state index contributed by atoms with van der Waals surface area (Å²) in [6.07, 6.45) is 52.1. The van der Waals surface area contributed by atoms with Gasteiger partial charge in [-0.3, -0.25) is 0 Å². The van der Waals surface area contributed by atoms with Crippen LogP contribution in [0.5, 0.6) is 0 Å². The van der Waals surface area contributed by atoms with Crippen LogP contribution in [0.25, 0.3) is 0 Å². The van der Waals surface area contributed by atoms with Gasteiger partial charge in [-0.05, 0) is 105 Å². The van der Waals surface area contributed by atoms with Gasteiger partial charge in [-0.25, -0.2) is 0 Å². The van der Waals surface area contributed by atoms with Crippen molar-refractivity contribution in [1.82, 2.24) is 9.80 Å². The van der Waals surface area contributed by atoms with Gasteiger partial charge < -0.3 is 24.0 Å². The zero-order valence-corrected chi connectivity index (χ0v) is 36.3. The molecule has 0 radical (unpaired) electrons. The first-order chi connectivity index (χ1) is 26.0. The van der Waals surface area contributed by atoms with Gasteiger partial charge in [0, 0.05) is 26.3 Å². The lowest BCUT2D eigenvalue weighted by Crippen LogP contribution is -2.43. The van der Waals surface area contributed by atoms with E-state index in [1.807, 2.05) is 0 Å². The van der Waals surface area contributed by atoms with Crippen molar-refractivity contribution in [2.24, 2.45) is 0 Å². The molecule has 0 aromatic carbocycles. The zero-order chi connectivity index (χ0) is 38.5. The van der Waals surface area contributed by atoms with Crippen LogP contribution in [0.15, 0.2) is 48.6 Å². The Balaban J connectivity index is 2.24. The van der Waals surface area contributed by atoms with Crippen LogP contribution in [0.1, 0.15) is 181 Å². The molecule has 5 heteroatoms. The average molecular weight is 743 g/mol. The summed E-state index contributed by atoms with van der Waals surface area (Å²) < 4.78 is 19.9. The molecule has 0 unspecified atom stereocenters. The van der Waals surface area contributed by atoms with E-state index in [1.54, 1.807) is 0 Å². The Labute approximate surface area is 331 Å². The smallest absolute Gasteiger partial charge is 0.114 e. The van der Waals surface area contributed by atoms with Crippen LogP contribution in [0.2, 0.25) is 0 Å². The molecule has 0 saturated carbocycles. The number of unbranched alkanes of at least 4 members (excludes halogenated alkanes) is 20. The van der Waals surface area contributed by atoms with Crippen molar-refractivity contribution < 1.29 is 14.2 Å². The molecule has 0 aromatic heterocycles. The van der Waals surface area contributed by atoms with Crippen LogP contribution in [-0.2, 0) is 14.2 Å². The summed E-state index contributed by atoms with van der Waals surface area (Å²) in [5.74, 6) is 0. The molecular formula is C48H90N2O3. The van der Waals surface area contributed by atoms with E-state index in [4.69, 9.17) is 14.2 Å². The minimum Gasteiger partial charge on any atom is -0.373 e. The summed E-state index contributed by atoms with van der Waals surface area (Å²) in [6.45, 7) is 7.87. The highest BCUT2D eigenvalue weighted by atomic mass is 16.6. The Morgan fingerprint density at radius 2 is 0.698 bits per heavy atom. The summed E-state index contributed by atoms with van der Waals surface area (Å²) in [5.41, 5.74) is 0. The average Bonchev–Trinajstić information content (AvgIpc) is 3.43. The number of ether oxygens (including phenoxy) is 3. The zero-order valence-electron chi connectivity index (χ0n) is 36.3. The third-order valence-electron chi connectivity index (χ3n) is 10.3. The number of allylic oxidation sites excluding steroid dienone is 8. The first-order valence-electron chi connectivity index (χ1n) is 22.8. The van der Waals surface area contributed by atoms with Gasteiger partial charge in [0.1, 0.15) is 12.2 Å². The lowest BCUT2D eigenvalue weighted by atomic mass is 10.1. The minimum absolute atomic E-state index is 0.00261. The van der Waals surface area contributed by atoms with Gasteiger partial charge in [-0.2, -0.15) is 0 Å². The van der Waals surface area contributed by atoms with E-state index in [0.717, 1.165) is 52.0 Å². The lowest BCUT2D eigenvalue weighted by molar-refractivity contribution is -0.0708. The summed E-state index contributed by atoms with van der Waals surface area (Å²) in [4.78, 5) is 4.45. The van der Waals surface area contributed by atoms with E-state index in [9.17, 15) is 0 Å². The highest BCUT2D eigenvalue weighted by Gasteiger charge is 2.46. The quantitative estimate of drug-likeness (QED) is 0.0465. The fourth-order valence-corrected chi connectivity index (χ4v) is 7.19. The van der Waals surface area contributed by atoms with Crippen molar-refractivity contribution in [3.63, 3.8) is 0 Å². The van der Waals surface area contributed by atoms with E-state index in [1.165, 1.54) is 141 Å².